The molecule has 1 aromatic carbocycles. The highest BCUT2D eigenvalue weighted by Gasteiger charge is 2.15. The van der Waals surface area contributed by atoms with Crippen LogP contribution in [0.4, 0.5) is 13.2 Å². The molecular formula is C13H11F3O2S. The smallest absolute Gasteiger partial charge is 0.303 e. The van der Waals surface area contributed by atoms with Crippen LogP contribution < -0.4 is 0 Å². The number of hydrogen-bond acceptors (Lipinski definition) is 3. The average Bonchev–Trinajstić information content (AvgIpc) is 2.70. The number of Topliss-reactive ketones (excluding diaryl/α,β-unsaturated/α-hetero) is 1. The second kappa shape index (κ2) is 6.47. The van der Waals surface area contributed by atoms with Crippen molar-refractivity contribution >= 4 is 33.5 Å². The van der Waals surface area contributed by atoms with Crippen LogP contribution in [0.15, 0.2) is 30.3 Å². The fraction of sp³-hybridized carbons (Fsp3) is 0.231. The molecule has 0 spiro atoms. The van der Waals surface area contributed by atoms with E-state index >= 15 is 0 Å². The number of alkyl halides is 3. The lowest BCUT2D eigenvalue weighted by Gasteiger charge is -1.88. The Labute approximate surface area is 111 Å². The van der Waals surface area contributed by atoms with E-state index in [-0.39, 0.29) is 19.1 Å². The van der Waals surface area contributed by atoms with Crippen LogP contribution in [0.25, 0.3) is 10.1 Å². The zero-order chi connectivity index (χ0) is 14.5. The van der Waals surface area contributed by atoms with Crippen LogP contribution in [0.5, 0.6) is 0 Å². The molecule has 2 rings (SSSR count). The topological polar surface area (TPSA) is 34.1 Å². The zero-order valence-electron chi connectivity index (χ0n) is 10.0. The third kappa shape index (κ3) is 5.65. The van der Waals surface area contributed by atoms with Crippen molar-refractivity contribution in [3.8, 4) is 0 Å². The van der Waals surface area contributed by atoms with Crippen LogP contribution in [-0.4, -0.2) is 18.2 Å². The van der Waals surface area contributed by atoms with Crippen LogP contribution in [0.1, 0.15) is 23.0 Å². The van der Waals surface area contributed by atoms with Crippen molar-refractivity contribution in [3.05, 3.63) is 35.2 Å². The van der Waals surface area contributed by atoms with E-state index in [9.17, 15) is 22.8 Å². The molecule has 0 amide bonds. The van der Waals surface area contributed by atoms with Crippen molar-refractivity contribution in [1.29, 1.82) is 0 Å². The molecule has 0 unspecified atom stereocenters. The summed E-state index contributed by atoms with van der Waals surface area (Å²) in [5.74, 6) is -0.0961. The second-order valence-corrected chi connectivity index (χ2v) is 4.81. The average molecular weight is 288 g/mol. The van der Waals surface area contributed by atoms with E-state index in [2.05, 4.69) is 0 Å². The summed E-state index contributed by atoms with van der Waals surface area (Å²) in [4.78, 5) is 22.2. The maximum absolute atomic E-state index is 11.4. The van der Waals surface area contributed by atoms with E-state index in [0.29, 0.717) is 11.2 Å². The lowest BCUT2D eigenvalue weighted by Crippen LogP contribution is -1.95. The predicted molar refractivity (Wildman–Crippen MR) is 68.6 cm³/mol. The van der Waals surface area contributed by atoms with Gasteiger partial charge in [-0.1, -0.05) is 18.2 Å². The minimum Gasteiger partial charge on any atom is -0.303 e. The number of benzene rings is 1. The molecular weight excluding hydrogens is 277 g/mol. The summed E-state index contributed by atoms with van der Waals surface area (Å²) in [7, 11) is 0. The largest absolute Gasteiger partial charge is 0.386 e. The first-order valence-corrected chi connectivity index (χ1v) is 6.15. The molecule has 0 bridgehead atoms. The number of hydrogen-bond donors (Lipinski definition) is 0. The summed E-state index contributed by atoms with van der Waals surface area (Å²) in [6.45, 7) is 0.188. The number of aldehydes is 1. The Balaban J connectivity index is 0.000000312. The summed E-state index contributed by atoms with van der Waals surface area (Å²) in [5, 5.41) is 1.06. The summed E-state index contributed by atoms with van der Waals surface area (Å²) in [6.07, 6.45) is -3.38. The monoisotopic (exact) mass is 288 g/mol. The molecule has 0 atom stereocenters. The SMILES string of the molecule is CC(F)(F)F.O=CCC(=O)c1cc2ccccc2s1. The summed E-state index contributed by atoms with van der Waals surface area (Å²) in [6, 6.07) is 9.64. The van der Waals surface area contributed by atoms with Crippen LogP contribution in [0.2, 0.25) is 0 Å². The highest BCUT2D eigenvalue weighted by molar-refractivity contribution is 7.20. The highest BCUT2D eigenvalue weighted by atomic mass is 32.1. The molecule has 0 radical (unpaired) electrons. The van der Waals surface area contributed by atoms with Gasteiger partial charge in [-0.15, -0.1) is 11.3 Å². The maximum Gasteiger partial charge on any atom is 0.386 e. The molecule has 2 aromatic rings. The molecule has 6 heteroatoms. The van der Waals surface area contributed by atoms with Crippen molar-refractivity contribution in [2.75, 3.05) is 0 Å². The van der Waals surface area contributed by atoms with Gasteiger partial charge in [-0.25, -0.2) is 0 Å². The first-order chi connectivity index (χ1) is 8.81. The minimum atomic E-state index is -4.00. The van der Waals surface area contributed by atoms with Crippen molar-refractivity contribution < 1.29 is 22.8 Å². The number of ketones is 1. The molecule has 0 aliphatic rings. The molecule has 0 aliphatic heterocycles. The van der Waals surface area contributed by atoms with Crippen LogP contribution in [-0.2, 0) is 4.79 Å². The van der Waals surface area contributed by atoms with Gasteiger partial charge in [-0.2, -0.15) is 13.2 Å². The molecule has 1 heterocycles. The van der Waals surface area contributed by atoms with Gasteiger partial charge in [-0.3, -0.25) is 4.79 Å². The highest BCUT2D eigenvalue weighted by Crippen LogP contribution is 2.25. The zero-order valence-corrected chi connectivity index (χ0v) is 10.8. The Bertz CT molecular complexity index is 534. The molecule has 0 aliphatic carbocycles. The Morgan fingerprint density at radius 1 is 1.32 bits per heavy atom. The Morgan fingerprint density at radius 2 is 1.89 bits per heavy atom. The van der Waals surface area contributed by atoms with Gasteiger partial charge in [0.2, 0.25) is 0 Å². The first-order valence-electron chi connectivity index (χ1n) is 5.33. The van der Waals surface area contributed by atoms with Gasteiger partial charge in [0.25, 0.3) is 0 Å². The lowest BCUT2D eigenvalue weighted by atomic mass is 10.2. The first kappa shape index (κ1) is 15.4. The molecule has 0 saturated heterocycles. The van der Waals surface area contributed by atoms with Gasteiger partial charge in [-0.05, 0) is 17.5 Å². The van der Waals surface area contributed by atoms with E-state index in [1.807, 2.05) is 30.3 Å². The van der Waals surface area contributed by atoms with E-state index in [1.165, 1.54) is 11.3 Å². The number of carbonyl (C=O) groups excluding carboxylic acids is 2. The standard InChI is InChI=1S/C11H8O2S.C2H3F3/c12-6-5-9(13)11-7-8-3-1-2-4-10(8)14-11;1-2(3,4)5/h1-4,6-7H,5H2;1H3. The predicted octanol–water partition coefficient (Wildman–Crippen LogP) is 4.24. The minimum absolute atomic E-state index is 0.0210. The molecule has 102 valence electrons. The summed E-state index contributed by atoms with van der Waals surface area (Å²) < 4.78 is 32.1. The van der Waals surface area contributed by atoms with E-state index < -0.39 is 6.18 Å². The molecule has 2 nitrogen and oxygen atoms in total. The third-order valence-electron chi connectivity index (χ3n) is 1.97. The summed E-state index contributed by atoms with van der Waals surface area (Å²) >= 11 is 1.44. The number of rotatable bonds is 3. The van der Waals surface area contributed by atoms with Gasteiger partial charge >= 0.3 is 6.18 Å². The fourth-order valence-corrected chi connectivity index (χ4v) is 2.31. The molecule has 19 heavy (non-hydrogen) atoms. The van der Waals surface area contributed by atoms with E-state index in [1.54, 1.807) is 0 Å². The molecule has 1 aromatic heterocycles. The normalized spacial score (nSPS) is 10.7. The van der Waals surface area contributed by atoms with Crippen molar-refractivity contribution in [2.45, 2.75) is 19.5 Å². The van der Waals surface area contributed by atoms with Crippen molar-refractivity contribution in [2.24, 2.45) is 0 Å². The Kier molecular flexibility index (Phi) is 5.23. The summed E-state index contributed by atoms with van der Waals surface area (Å²) in [5.41, 5.74) is 0. The number of halogens is 3. The third-order valence-corrected chi connectivity index (χ3v) is 3.13. The van der Waals surface area contributed by atoms with Gasteiger partial charge < -0.3 is 4.79 Å². The van der Waals surface area contributed by atoms with Crippen LogP contribution in [0, 0.1) is 0 Å². The van der Waals surface area contributed by atoms with Crippen LogP contribution >= 0.6 is 11.3 Å². The lowest BCUT2D eigenvalue weighted by molar-refractivity contribution is -0.110. The van der Waals surface area contributed by atoms with E-state index in [0.717, 1.165) is 10.1 Å². The molecule has 0 fully saturated rings. The quantitative estimate of drug-likeness (QED) is 0.481. The van der Waals surface area contributed by atoms with Gasteiger partial charge in [0.1, 0.15) is 6.29 Å². The van der Waals surface area contributed by atoms with Gasteiger partial charge in [0, 0.05) is 11.6 Å². The van der Waals surface area contributed by atoms with Gasteiger partial charge in [0.15, 0.2) is 5.78 Å². The fourth-order valence-electron chi connectivity index (χ4n) is 1.30. The van der Waals surface area contributed by atoms with E-state index in [4.69, 9.17) is 0 Å². The van der Waals surface area contributed by atoms with Crippen molar-refractivity contribution in [3.63, 3.8) is 0 Å². The number of carbonyl (C=O) groups is 2. The Hall–Kier alpha value is -1.69. The Morgan fingerprint density at radius 3 is 2.42 bits per heavy atom. The molecule has 0 N–H and O–H groups in total. The second-order valence-electron chi connectivity index (χ2n) is 3.72. The number of thiophene rings is 1. The van der Waals surface area contributed by atoms with Crippen molar-refractivity contribution in [1.82, 2.24) is 0 Å². The molecule has 0 saturated carbocycles. The maximum atomic E-state index is 11.4. The number of fused-ring (bicyclic) bond motifs is 1. The van der Waals surface area contributed by atoms with Crippen LogP contribution in [0.3, 0.4) is 0 Å². The van der Waals surface area contributed by atoms with Gasteiger partial charge in [0.05, 0.1) is 11.3 Å².